The summed E-state index contributed by atoms with van der Waals surface area (Å²) in [7, 11) is 0. The van der Waals surface area contributed by atoms with E-state index >= 15 is 0 Å². The number of halogens is 1. The number of nitrogens with one attached hydrogen (secondary N) is 1. The zero-order valence-corrected chi connectivity index (χ0v) is 11.6. The highest BCUT2D eigenvalue weighted by atomic mass is 19.1. The van der Waals surface area contributed by atoms with Crippen molar-refractivity contribution >= 4 is 5.84 Å². The highest BCUT2D eigenvalue weighted by Crippen LogP contribution is 2.28. The van der Waals surface area contributed by atoms with Gasteiger partial charge in [0.15, 0.2) is 0 Å². The molecule has 1 aromatic carbocycles. The zero-order chi connectivity index (χ0) is 14.0. The number of nitrogens with two attached hydrogens (primary N) is 1. The lowest BCUT2D eigenvalue weighted by Gasteiger charge is -2.28. The molecule has 4 heteroatoms. The third kappa shape index (κ3) is 2.95. The first-order chi connectivity index (χ1) is 9.02. The highest BCUT2D eigenvalue weighted by Gasteiger charge is 2.29. The van der Waals surface area contributed by atoms with Crippen LogP contribution in [0.1, 0.15) is 44.2 Å². The van der Waals surface area contributed by atoms with E-state index in [9.17, 15) is 4.39 Å². The van der Waals surface area contributed by atoms with Crippen molar-refractivity contribution in [3.05, 3.63) is 35.1 Å². The van der Waals surface area contributed by atoms with Crippen LogP contribution in [-0.2, 0) is 6.54 Å². The average molecular weight is 263 g/mol. The summed E-state index contributed by atoms with van der Waals surface area (Å²) in [6.07, 6.45) is 3.55. The topological polar surface area (TPSA) is 53.1 Å². The van der Waals surface area contributed by atoms with Gasteiger partial charge < -0.3 is 5.73 Å². The molecule has 19 heavy (non-hydrogen) atoms. The van der Waals surface area contributed by atoms with Gasteiger partial charge in [0.1, 0.15) is 11.7 Å². The predicted molar refractivity (Wildman–Crippen MR) is 75.7 cm³/mol. The molecule has 1 saturated heterocycles. The maximum Gasteiger partial charge on any atom is 0.123 e. The van der Waals surface area contributed by atoms with Crippen molar-refractivity contribution in [2.75, 3.05) is 0 Å². The molecule has 0 saturated carbocycles. The van der Waals surface area contributed by atoms with E-state index in [1.807, 2.05) is 0 Å². The van der Waals surface area contributed by atoms with Crippen molar-refractivity contribution in [3.63, 3.8) is 0 Å². The molecule has 0 bridgehead atoms. The Balaban J connectivity index is 2.25. The summed E-state index contributed by atoms with van der Waals surface area (Å²) >= 11 is 0. The minimum Gasteiger partial charge on any atom is -0.384 e. The van der Waals surface area contributed by atoms with Crippen LogP contribution in [0.25, 0.3) is 0 Å². The molecule has 2 rings (SSSR count). The standard InChI is InChI=1S/C15H22FN3/c1-3-13-7-4-10(2)19(13)9-11-5-6-12(16)8-14(11)15(17)18/h5-6,8,10,13H,3-4,7,9H2,1-2H3,(H3,17,18). The summed E-state index contributed by atoms with van der Waals surface area (Å²) in [5, 5.41) is 7.58. The molecule has 1 fully saturated rings. The van der Waals surface area contributed by atoms with E-state index in [0.29, 0.717) is 17.6 Å². The van der Waals surface area contributed by atoms with Crippen molar-refractivity contribution in [2.45, 2.75) is 51.7 Å². The van der Waals surface area contributed by atoms with Gasteiger partial charge in [-0.05, 0) is 43.9 Å². The highest BCUT2D eigenvalue weighted by molar-refractivity contribution is 5.96. The number of hydrogen-bond acceptors (Lipinski definition) is 2. The molecule has 1 aliphatic rings. The summed E-state index contributed by atoms with van der Waals surface area (Å²) in [6.45, 7) is 5.17. The van der Waals surface area contributed by atoms with Crippen molar-refractivity contribution in [1.82, 2.24) is 4.90 Å². The second kappa shape index (κ2) is 5.70. The molecule has 0 radical (unpaired) electrons. The maximum atomic E-state index is 13.3. The van der Waals surface area contributed by atoms with Crippen molar-refractivity contribution in [1.29, 1.82) is 5.41 Å². The fourth-order valence-electron chi connectivity index (χ4n) is 2.98. The fourth-order valence-corrected chi connectivity index (χ4v) is 2.98. The number of hydrogen-bond donors (Lipinski definition) is 2. The summed E-state index contributed by atoms with van der Waals surface area (Å²) in [4.78, 5) is 2.44. The van der Waals surface area contributed by atoms with Crippen LogP contribution in [0.4, 0.5) is 4.39 Å². The van der Waals surface area contributed by atoms with E-state index in [4.69, 9.17) is 11.1 Å². The Kier molecular flexibility index (Phi) is 4.20. The van der Waals surface area contributed by atoms with Crippen LogP contribution < -0.4 is 5.73 Å². The SMILES string of the molecule is CCC1CCC(C)N1Cc1ccc(F)cc1C(=N)N. The molecule has 0 spiro atoms. The molecular formula is C15H22FN3. The molecule has 0 amide bonds. The van der Waals surface area contributed by atoms with Crippen LogP contribution >= 0.6 is 0 Å². The lowest BCUT2D eigenvalue weighted by molar-refractivity contribution is 0.189. The van der Waals surface area contributed by atoms with Crippen LogP contribution in [0.15, 0.2) is 18.2 Å². The Hall–Kier alpha value is -1.42. The van der Waals surface area contributed by atoms with Crippen LogP contribution in [-0.4, -0.2) is 22.8 Å². The van der Waals surface area contributed by atoms with Gasteiger partial charge in [0.25, 0.3) is 0 Å². The molecule has 0 aromatic heterocycles. The van der Waals surface area contributed by atoms with Crippen molar-refractivity contribution < 1.29 is 4.39 Å². The second-order valence-corrected chi connectivity index (χ2v) is 5.38. The van der Waals surface area contributed by atoms with E-state index in [-0.39, 0.29) is 11.7 Å². The minimum absolute atomic E-state index is 0.0607. The summed E-state index contributed by atoms with van der Waals surface area (Å²) in [5.74, 6) is -0.398. The number of nitrogens with zero attached hydrogens (tertiary/aromatic N) is 1. The van der Waals surface area contributed by atoms with Gasteiger partial charge in [-0.25, -0.2) is 4.39 Å². The molecule has 3 nitrogen and oxygen atoms in total. The zero-order valence-electron chi connectivity index (χ0n) is 11.6. The molecule has 1 heterocycles. The molecule has 3 N–H and O–H groups in total. The summed E-state index contributed by atoms with van der Waals surface area (Å²) < 4.78 is 13.3. The number of nitrogen functional groups attached to an aromatic ring is 1. The Bertz CT molecular complexity index is 472. The van der Waals surface area contributed by atoms with Crippen molar-refractivity contribution in [2.24, 2.45) is 5.73 Å². The van der Waals surface area contributed by atoms with Gasteiger partial charge in [0.2, 0.25) is 0 Å². The fraction of sp³-hybridized carbons (Fsp3) is 0.533. The lowest BCUT2D eigenvalue weighted by atomic mass is 10.0. The second-order valence-electron chi connectivity index (χ2n) is 5.38. The van der Waals surface area contributed by atoms with E-state index in [1.54, 1.807) is 6.07 Å². The minimum atomic E-state index is -0.338. The largest absolute Gasteiger partial charge is 0.384 e. The smallest absolute Gasteiger partial charge is 0.123 e. The Labute approximate surface area is 114 Å². The van der Waals surface area contributed by atoms with E-state index in [2.05, 4.69) is 18.7 Å². The maximum absolute atomic E-state index is 13.3. The molecule has 1 aliphatic heterocycles. The summed E-state index contributed by atoms with van der Waals surface area (Å²) in [5.41, 5.74) is 7.03. The van der Waals surface area contributed by atoms with Crippen LogP contribution in [0.3, 0.4) is 0 Å². The van der Waals surface area contributed by atoms with Gasteiger partial charge >= 0.3 is 0 Å². The van der Waals surface area contributed by atoms with Gasteiger partial charge in [-0.15, -0.1) is 0 Å². The molecule has 0 aliphatic carbocycles. The Morgan fingerprint density at radius 1 is 1.47 bits per heavy atom. The molecule has 104 valence electrons. The first kappa shape index (κ1) is 14.0. The van der Waals surface area contributed by atoms with Crippen LogP contribution in [0, 0.1) is 11.2 Å². The van der Waals surface area contributed by atoms with Gasteiger partial charge in [0.05, 0.1) is 0 Å². The van der Waals surface area contributed by atoms with Gasteiger partial charge in [-0.2, -0.15) is 0 Å². The Morgan fingerprint density at radius 3 is 2.84 bits per heavy atom. The van der Waals surface area contributed by atoms with Crippen LogP contribution in [0.5, 0.6) is 0 Å². The van der Waals surface area contributed by atoms with Gasteiger partial charge in [-0.3, -0.25) is 10.3 Å². The van der Waals surface area contributed by atoms with Gasteiger partial charge in [-0.1, -0.05) is 13.0 Å². The number of benzene rings is 1. The number of amidine groups is 1. The lowest BCUT2D eigenvalue weighted by Crippen LogP contribution is -2.34. The molecule has 1 aromatic rings. The third-order valence-corrected chi connectivity index (χ3v) is 4.14. The van der Waals surface area contributed by atoms with Crippen LogP contribution in [0.2, 0.25) is 0 Å². The predicted octanol–water partition coefficient (Wildman–Crippen LogP) is 2.87. The monoisotopic (exact) mass is 263 g/mol. The van der Waals surface area contributed by atoms with E-state index in [1.165, 1.54) is 25.0 Å². The summed E-state index contributed by atoms with van der Waals surface area (Å²) in [6, 6.07) is 5.68. The van der Waals surface area contributed by atoms with E-state index in [0.717, 1.165) is 18.5 Å². The van der Waals surface area contributed by atoms with Gasteiger partial charge in [0, 0.05) is 24.2 Å². The number of likely N-dealkylation sites (tertiary alicyclic amines) is 1. The van der Waals surface area contributed by atoms with Crippen molar-refractivity contribution in [3.8, 4) is 0 Å². The molecule has 2 atom stereocenters. The molecular weight excluding hydrogens is 241 g/mol. The number of rotatable bonds is 4. The third-order valence-electron chi connectivity index (χ3n) is 4.14. The normalized spacial score (nSPS) is 23.7. The first-order valence-electron chi connectivity index (χ1n) is 6.91. The average Bonchev–Trinajstić information content (AvgIpc) is 2.72. The Morgan fingerprint density at radius 2 is 2.21 bits per heavy atom. The molecule has 2 unspecified atom stereocenters. The first-order valence-corrected chi connectivity index (χ1v) is 6.91. The van der Waals surface area contributed by atoms with E-state index < -0.39 is 0 Å². The quantitative estimate of drug-likeness (QED) is 0.648.